The number of rotatable bonds is 6. The van der Waals surface area contributed by atoms with E-state index in [0.29, 0.717) is 0 Å². The van der Waals surface area contributed by atoms with Crippen molar-refractivity contribution in [3.63, 3.8) is 0 Å². The smallest absolute Gasteiger partial charge is 0.257 e. The quantitative estimate of drug-likeness (QED) is 0.872. The molecule has 0 heterocycles. The molecule has 1 atom stereocenters. The van der Waals surface area contributed by atoms with Crippen LogP contribution in [0.5, 0.6) is 0 Å². The summed E-state index contributed by atoms with van der Waals surface area (Å²) in [7, 11) is 7.70. The van der Waals surface area contributed by atoms with Gasteiger partial charge in [0.05, 0.1) is 6.04 Å². The Balaban J connectivity index is 2.13. The molecule has 0 fully saturated rings. The minimum absolute atomic E-state index is 0.116. The Bertz CT molecular complexity index is 710. The standard InChI is InChI=1S/C19H23F2N3O/c1-23(2)14-10-8-13(9-11-14)17(24(3)4)12-22-19(25)18-15(20)6-5-7-16(18)21/h5-11,17H,12H2,1-4H3,(H,22,25). The molecule has 0 saturated carbocycles. The SMILES string of the molecule is CN(C)c1ccc(C(CNC(=O)c2c(F)cccc2F)N(C)C)cc1. The van der Waals surface area contributed by atoms with Gasteiger partial charge in [0.25, 0.3) is 5.91 Å². The Morgan fingerprint density at radius 3 is 2.04 bits per heavy atom. The van der Waals surface area contributed by atoms with Crippen molar-refractivity contribution in [1.29, 1.82) is 0 Å². The largest absolute Gasteiger partial charge is 0.378 e. The second-order valence-electron chi connectivity index (χ2n) is 6.27. The summed E-state index contributed by atoms with van der Waals surface area (Å²) in [6, 6.07) is 11.2. The Labute approximate surface area is 147 Å². The van der Waals surface area contributed by atoms with Crippen LogP contribution in [0.15, 0.2) is 42.5 Å². The van der Waals surface area contributed by atoms with E-state index in [-0.39, 0.29) is 12.6 Å². The third-order valence-electron chi connectivity index (χ3n) is 4.06. The van der Waals surface area contributed by atoms with Crippen molar-refractivity contribution < 1.29 is 13.6 Å². The van der Waals surface area contributed by atoms with E-state index in [0.717, 1.165) is 23.4 Å². The van der Waals surface area contributed by atoms with E-state index in [9.17, 15) is 13.6 Å². The van der Waals surface area contributed by atoms with Gasteiger partial charge >= 0.3 is 0 Å². The summed E-state index contributed by atoms with van der Waals surface area (Å²) in [4.78, 5) is 16.1. The van der Waals surface area contributed by atoms with Gasteiger partial charge in [0, 0.05) is 26.3 Å². The van der Waals surface area contributed by atoms with Crippen LogP contribution in [-0.2, 0) is 0 Å². The van der Waals surface area contributed by atoms with Gasteiger partial charge in [-0.1, -0.05) is 18.2 Å². The fourth-order valence-electron chi connectivity index (χ4n) is 2.59. The molecule has 0 radical (unpaired) electrons. The molecule has 25 heavy (non-hydrogen) atoms. The van der Waals surface area contributed by atoms with Gasteiger partial charge in [-0.15, -0.1) is 0 Å². The first-order valence-electron chi connectivity index (χ1n) is 7.97. The maximum Gasteiger partial charge on any atom is 0.257 e. The third kappa shape index (κ3) is 4.54. The number of amides is 1. The Hall–Kier alpha value is -2.47. The Morgan fingerprint density at radius 2 is 1.56 bits per heavy atom. The molecule has 0 bridgehead atoms. The predicted octanol–water partition coefficient (Wildman–Crippen LogP) is 3.06. The van der Waals surface area contributed by atoms with Crippen molar-refractivity contribution in [2.45, 2.75) is 6.04 Å². The molecule has 1 amide bonds. The summed E-state index contributed by atoms with van der Waals surface area (Å²) in [5.41, 5.74) is 1.52. The number of halogens is 2. The average molecular weight is 347 g/mol. The van der Waals surface area contributed by atoms with Crippen molar-refractivity contribution in [2.75, 3.05) is 39.6 Å². The van der Waals surface area contributed by atoms with Gasteiger partial charge in [-0.05, 0) is 43.9 Å². The highest BCUT2D eigenvalue weighted by Gasteiger charge is 2.20. The van der Waals surface area contributed by atoms with Crippen LogP contribution in [0.2, 0.25) is 0 Å². The lowest BCUT2D eigenvalue weighted by molar-refractivity contribution is 0.0933. The number of anilines is 1. The second-order valence-corrected chi connectivity index (χ2v) is 6.27. The first-order valence-corrected chi connectivity index (χ1v) is 7.97. The molecular formula is C19H23F2N3O. The number of nitrogens with one attached hydrogen (secondary N) is 1. The first kappa shape index (κ1) is 18.9. The van der Waals surface area contributed by atoms with E-state index in [4.69, 9.17) is 0 Å². The van der Waals surface area contributed by atoms with Crippen LogP contribution in [0, 0.1) is 11.6 Å². The minimum Gasteiger partial charge on any atom is -0.378 e. The second kappa shape index (κ2) is 8.07. The molecule has 1 unspecified atom stereocenters. The van der Waals surface area contributed by atoms with Gasteiger partial charge in [-0.3, -0.25) is 4.79 Å². The van der Waals surface area contributed by atoms with Gasteiger partial charge in [-0.2, -0.15) is 0 Å². The van der Waals surface area contributed by atoms with E-state index in [2.05, 4.69) is 5.32 Å². The normalized spacial score (nSPS) is 12.1. The molecular weight excluding hydrogens is 324 g/mol. The molecule has 0 aliphatic heterocycles. The zero-order chi connectivity index (χ0) is 18.6. The number of hydrogen-bond donors (Lipinski definition) is 1. The summed E-state index contributed by atoms with van der Waals surface area (Å²) in [5.74, 6) is -2.49. The van der Waals surface area contributed by atoms with Crippen molar-refractivity contribution in [3.8, 4) is 0 Å². The van der Waals surface area contributed by atoms with Crippen molar-refractivity contribution in [2.24, 2.45) is 0 Å². The fourth-order valence-corrected chi connectivity index (χ4v) is 2.59. The molecule has 2 aromatic rings. The van der Waals surface area contributed by atoms with E-state index < -0.39 is 23.1 Å². The van der Waals surface area contributed by atoms with Crippen LogP contribution >= 0.6 is 0 Å². The van der Waals surface area contributed by atoms with Crippen LogP contribution in [0.3, 0.4) is 0 Å². The van der Waals surface area contributed by atoms with E-state index in [1.807, 2.05) is 62.3 Å². The maximum absolute atomic E-state index is 13.7. The zero-order valence-electron chi connectivity index (χ0n) is 14.9. The van der Waals surface area contributed by atoms with Crippen molar-refractivity contribution in [1.82, 2.24) is 10.2 Å². The monoisotopic (exact) mass is 347 g/mol. The molecule has 6 heteroatoms. The summed E-state index contributed by atoms with van der Waals surface area (Å²) >= 11 is 0. The third-order valence-corrected chi connectivity index (χ3v) is 4.06. The number of carbonyl (C=O) groups excluding carboxylic acids is 1. The van der Waals surface area contributed by atoms with Gasteiger partial charge < -0.3 is 15.1 Å². The Morgan fingerprint density at radius 1 is 1.00 bits per heavy atom. The topological polar surface area (TPSA) is 35.6 Å². The van der Waals surface area contributed by atoms with E-state index in [1.165, 1.54) is 6.07 Å². The lowest BCUT2D eigenvalue weighted by Gasteiger charge is -2.26. The maximum atomic E-state index is 13.7. The highest BCUT2D eigenvalue weighted by atomic mass is 19.1. The lowest BCUT2D eigenvalue weighted by atomic mass is 10.0. The highest BCUT2D eigenvalue weighted by molar-refractivity contribution is 5.94. The summed E-state index contributed by atoms with van der Waals surface area (Å²) < 4.78 is 27.4. The molecule has 1 N–H and O–H groups in total. The first-order chi connectivity index (χ1) is 11.8. The molecule has 0 saturated heterocycles. The summed E-state index contributed by atoms with van der Waals surface area (Å²) in [6.45, 7) is 0.237. The molecule has 0 spiro atoms. The van der Waals surface area contributed by atoms with Crippen molar-refractivity contribution in [3.05, 3.63) is 65.2 Å². The van der Waals surface area contributed by atoms with Gasteiger partial charge in [0.2, 0.25) is 0 Å². The number of carbonyl (C=O) groups is 1. The molecule has 0 aliphatic carbocycles. The van der Waals surface area contributed by atoms with Crippen LogP contribution in [0.1, 0.15) is 22.0 Å². The highest BCUT2D eigenvalue weighted by Crippen LogP contribution is 2.21. The molecule has 2 rings (SSSR count). The van der Waals surface area contributed by atoms with Gasteiger partial charge in [0.15, 0.2) is 0 Å². The van der Waals surface area contributed by atoms with E-state index >= 15 is 0 Å². The zero-order valence-corrected chi connectivity index (χ0v) is 14.9. The Kier molecular flexibility index (Phi) is 6.09. The summed E-state index contributed by atoms with van der Waals surface area (Å²) in [6.07, 6.45) is 0. The van der Waals surface area contributed by atoms with Crippen LogP contribution in [0.4, 0.5) is 14.5 Å². The van der Waals surface area contributed by atoms with Gasteiger partial charge in [-0.25, -0.2) is 8.78 Å². The molecule has 0 aliphatic rings. The molecule has 2 aromatic carbocycles. The van der Waals surface area contributed by atoms with Crippen LogP contribution in [0.25, 0.3) is 0 Å². The predicted molar refractivity (Wildman–Crippen MR) is 95.9 cm³/mol. The molecule has 134 valence electrons. The van der Waals surface area contributed by atoms with Gasteiger partial charge in [0.1, 0.15) is 17.2 Å². The number of nitrogens with zero attached hydrogens (tertiary/aromatic N) is 2. The van der Waals surface area contributed by atoms with Crippen LogP contribution < -0.4 is 10.2 Å². The minimum atomic E-state index is -0.866. The number of hydrogen-bond acceptors (Lipinski definition) is 3. The molecule has 4 nitrogen and oxygen atoms in total. The number of benzene rings is 2. The molecule has 0 aromatic heterocycles. The van der Waals surface area contributed by atoms with Crippen LogP contribution in [-0.4, -0.2) is 45.5 Å². The summed E-state index contributed by atoms with van der Waals surface area (Å²) in [5, 5.41) is 2.63. The number of likely N-dealkylation sites (N-methyl/N-ethyl adjacent to an activating group) is 1. The average Bonchev–Trinajstić information content (AvgIpc) is 2.55. The lowest BCUT2D eigenvalue weighted by Crippen LogP contribution is -2.35. The van der Waals surface area contributed by atoms with Crippen molar-refractivity contribution >= 4 is 11.6 Å². The fraction of sp³-hybridized carbons (Fsp3) is 0.316. The van der Waals surface area contributed by atoms with E-state index in [1.54, 1.807) is 0 Å².